The molecular formula is C13H13N3O. The van der Waals surface area contributed by atoms with Crippen molar-refractivity contribution >= 4 is 0 Å². The molecule has 0 atom stereocenters. The van der Waals surface area contributed by atoms with E-state index in [0.29, 0.717) is 12.3 Å². The van der Waals surface area contributed by atoms with Gasteiger partial charge in [0.25, 0.3) is 0 Å². The Morgan fingerprint density at radius 1 is 1.47 bits per heavy atom. The van der Waals surface area contributed by atoms with Crippen molar-refractivity contribution in [2.45, 2.75) is 6.92 Å². The van der Waals surface area contributed by atoms with E-state index in [1.165, 1.54) is 0 Å². The Balaban J connectivity index is 2.42. The molecule has 4 heteroatoms. The molecule has 1 aromatic heterocycles. The zero-order chi connectivity index (χ0) is 12.3. The highest BCUT2D eigenvalue weighted by Crippen LogP contribution is 2.23. The maximum absolute atomic E-state index is 8.88. The van der Waals surface area contributed by atoms with Crippen LogP contribution in [-0.2, 0) is 7.05 Å². The number of hydrogen-bond acceptors (Lipinski definition) is 3. The van der Waals surface area contributed by atoms with Crippen molar-refractivity contribution in [3.8, 4) is 23.2 Å². The number of ether oxygens (including phenoxy) is 1. The SMILES string of the molecule is CCOc1cccc(-c2ncc(C#N)n2C)c1. The van der Waals surface area contributed by atoms with Gasteiger partial charge in [-0.25, -0.2) is 4.98 Å². The molecule has 0 aliphatic heterocycles. The van der Waals surface area contributed by atoms with E-state index in [1.54, 1.807) is 10.8 Å². The summed E-state index contributed by atoms with van der Waals surface area (Å²) in [7, 11) is 1.83. The van der Waals surface area contributed by atoms with Crippen LogP contribution in [0.2, 0.25) is 0 Å². The van der Waals surface area contributed by atoms with Crippen LogP contribution in [0.25, 0.3) is 11.4 Å². The minimum atomic E-state index is 0.543. The molecule has 86 valence electrons. The van der Waals surface area contributed by atoms with Crippen LogP contribution in [-0.4, -0.2) is 16.2 Å². The molecule has 0 saturated carbocycles. The Morgan fingerprint density at radius 3 is 2.94 bits per heavy atom. The van der Waals surface area contributed by atoms with Crippen LogP contribution >= 0.6 is 0 Å². The molecule has 0 N–H and O–H groups in total. The van der Waals surface area contributed by atoms with Crippen molar-refractivity contribution in [1.29, 1.82) is 5.26 Å². The molecule has 2 aromatic rings. The van der Waals surface area contributed by atoms with Crippen molar-refractivity contribution in [2.75, 3.05) is 6.61 Å². The molecule has 0 aliphatic carbocycles. The monoisotopic (exact) mass is 227 g/mol. The maximum atomic E-state index is 8.88. The van der Waals surface area contributed by atoms with Gasteiger partial charge >= 0.3 is 0 Å². The van der Waals surface area contributed by atoms with E-state index < -0.39 is 0 Å². The molecule has 0 aliphatic rings. The van der Waals surface area contributed by atoms with Crippen LogP contribution in [0.4, 0.5) is 0 Å². The number of hydrogen-bond donors (Lipinski definition) is 0. The second-order valence-corrected chi connectivity index (χ2v) is 3.60. The van der Waals surface area contributed by atoms with E-state index in [1.807, 2.05) is 38.2 Å². The summed E-state index contributed by atoms with van der Waals surface area (Å²) >= 11 is 0. The summed E-state index contributed by atoms with van der Waals surface area (Å²) in [6, 6.07) is 9.79. The van der Waals surface area contributed by atoms with Gasteiger partial charge in [0, 0.05) is 12.6 Å². The highest BCUT2D eigenvalue weighted by molar-refractivity contribution is 5.59. The van der Waals surface area contributed by atoms with Crippen LogP contribution in [0.3, 0.4) is 0 Å². The smallest absolute Gasteiger partial charge is 0.140 e. The van der Waals surface area contributed by atoms with E-state index >= 15 is 0 Å². The zero-order valence-electron chi connectivity index (χ0n) is 9.84. The van der Waals surface area contributed by atoms with Crippen LogP contribution in [0, 0.1) is 11.3 Å². The molecule has 1 aromatic carbocycles. The lowest BCUT2D eigenvalue weighted by atomic mass is 10.2. The Kier molecular flexibility index (Phi) is 3.10. The number of aromatic nitrogens is 2. The first-order valence-electron chi connectivity index (χ1n) is 5.41. The second kappa shape index (κ2) is 4.71. The number of nitriles is 1. The average Bonchev–Trinajstić information content (AvgIpc) is 2.71. The van der Waals surface area contributed by atoms with E-state index in [4.69, 9.17) is 10.00 Å². The quantitative estimate of drug-likeness (QED) is 0.808. The molecule has 2 rings (SSSR count). The van der Waals surface area contributed by atoms with Gasteiger partial charge in [0.2, 0.25) is 0 Å². The number of rotatable bonds is 3. The van der Waals surface area contributed by atoms with Crippen molar-refractivity contribution in [3.63, 3.8) is 0 Å². The molecule has 0 spiro atoms. The summed E-state index contributed by atoms with van der Waals surface area (Å²) in [5.74, 6) is 1.58. The maximum Gasteiger partial charge on any atom is 0.140 e. The largest absolute Gasteiger partial charge is 0.494 e. The molecule has 0 fully saturated rings. The van der Waals surface area contributed by atoms with E-state index in [0.717, 1.165) is 17.1 Å². The fraction of sp³-hybridized carbons (Fsp3) is 0.231. The first-order chi connectivity index (χ1) is 8.26. The summed E-state index contributed by atoms with van der Waals surface area (Å²) in [4.78, 5) is 4.24. The van der Waals surface area contributed by atoms with Gasteiger partial charge in [-0.15, -0.1) is 0 Å². The number of benzene rings is 1. The lowest BCUT2D eigenvalue weighted by molar-refractivity contribution is 0.340. The normalized spacial score (nSPS) is 9.94. The summed E-state index contributed by atoms with van der Waals surface area (Å²) in [6.07, 6.45) is 1.57. The molecule has 0 amide bonds. The van der Waals surface area contributed by atoms with Crippen LogP contribution < -0.4 is 4.74 Å². The van der Waals surface area contributed by atoms with Gasteiger partial charge in [0.1, 0.15) is 23.3 Å². The third-order valence-electron chi connectivity index (χ3n) is 2.51. The summed E-state index contributed by atoms with van der Waals surface area (Å²) in [6.45, 7) is 2.58. The topological polar surface area (TPSA) is 50.8 Å². The predicted molar refractivity (Wildman–Crippen MR) is 64.5 cm³/mol. The van der Waals surface area contributed by atoms with Gasteiger partial charge < -0.3 is 9.30 Å². The van der Waals surface area contributed by atoms with Crippen molar-refractivity contribution in [2.24, 2.45) is 7.05 Å². The average molecular weight is 227 g/mol. The molecule has 4 nitrogen and oxygen atoms in total. The lowest BCUT2D eigenvalue weighted by Crippen LogP contribution is -1.96. The van der Waals surface area contributed by atoms with Crippen molar-refractivity contribution in [3.05, 3.63) is 36.2 Å². The highest BCUT2D eigenvalue weighted by Gasteiger charge is 2.08. The van der Waals surface area contributed by atoms with Gasteiger partial charge in [-0.2, -0.15) is 5.26 Å². The molecule has 0 saturated heterocycles. The Labute approximate surface area is 100 Å². The minimum Gasteiger partial charge on any atom is -0.494 e. The Morgan fingerprint density at radius 2 is 2.29 bits per heavy atom. The predicted octanol–water partition coefficient (Wildman–Crippen LogP) is 2.36. The molecule has 0 unspecified atom stereocenters. The Hall–Kier alpha value is -2.28. The Bertz CT molecular complexity index is 566. The minimum absolute atomic E-state index is 0.543. The van der Waals surface area contributed by atoms with Gasteiger partial charge in [-0.3, -0.25) is 0 Å². The first kappa shape index (κ1) is 11.2. The van der Waals surface area contributed by atoms with Gasteiger partial charge in [0.15, 0.2) is 0 Å². The van der Waals surface area contributed by atoms with Gasteiger partial charge in [-0.05, 0) is 19.1 Å². The zero-order valence-corrected chi connectivity index (χ0v) is 9.84. The third-order valence-corrected chi connectivity index (χ3v) is 2.51. The van der Waals surface area contributed by atoms with Gasteiger partial charge in [0.05, 0.1) is 12.8 Å². The first-order valence-corrected chi connectivity index (χ1v) is 5.41. The van der Waals surface area contributed by atoms with E-state index in [2.05, 4.69) is 11.1 Å². The molecule has 0 bridgehead atoms. The van der Waals surface area contributed by atoms with Crippen molar-refractivity contribution < 1.29 is 4.74 Å². The third kappa shape index (κ3) is 2.13. The fourth-order valence-electron chi connectivity index (χ4n) is 1.67. The van der Waals surface area contributed by atoms with Gasteiger partial charge in [-0.1, -0.05) is 12.1 Å². The molecule has 0 radical (unpaired) electrons. The fourth-order valence-corrected chi connectivity index (χ4v) is 1.67. The van der Waals surface area contributed by atoms with E-state index in [9.17, 15) is 0 Å². The summed E-state index contributed by atoms with van der Waals surface area (Å²) < 4.78 is 7.21. The molecular weight excluding hydrogens is 214 g/mol. The lowest BCUT2D eigenvalue weighted by Gasteiger charge is -2.06. The van der Waals surface area contributed by atoms with Crippen LogP contribution in [0.15, 0.2) is 30.5 Å². The summed E-state index contributed by atoms with van der Waals surface area (Å²) in [5, 5.41) is 8.88. The molecule has 1 heterocycles. The highest BCUT2D eigenvalue weighted by atomic mass is 16.5. The number of nitrogens with zero attached hydrogens (tertiary/aromatic N) is 3. The van der Waals surface area contributed by atoms with Crippen LogP contribution in [0.1, 0.15) is 12.6 Å². The number of imidazole rings is 1. The molecule has 17 heavy (non-hydrogen) atoms. The summed E-state index contributed by atoms with van der Waals surface area (Å²) in [5.41, 5.74) is 1.49. The standard InChI is InChI=1S/C13H13N3O/c1-3-17-12-6-4-5-10(7-12)13-15-9-11(8-14)16(13)2/h4-7,9H,3H2,1-2H3. The van der Waals surface area contributed by atoms with Crippen LogP contribution in [0.5, 0.6) is 5.75 Å². The van der Waals surface area contributed by atoms with Crippen molar-refractivity contribution in [1.82, 2.24) is 9.55 Å². The van der Waals surface area contributed by atoms with E-state index in [-0.39, 0.29) is 0 Å². The second-order valence-electron chi connectivity index (χ2n) is 3.60.